The first-order valence-electron chi connectivity index (χ1n) is 5.03. The van der Waals surface area contributed by atoms with Gasteiger partial charge < -0.3 is 15.5 Å². The SMILES string of the molecule is NCC1CC(C(=O)N2CCCC2)=NO1. The van der Waals surface area contributed by atoms with E-state index in [1.807, 2.05) is 4.90 Å². The molecule has 2 heterocycles. The van der Waals surface area contributed by atoms with Gasteiger partial charge in [0.25, 0.3) is 5.91 Å². The summed E-state index contributed by atoms with van der Waals surface area (Å²) in [4.78, 5) is 18.6. The number of nitrogens with two attached hydrogens (primary N) is 1. The molecule has 0 aliphatic carbocycles. The van der Waals surface area contributed by atoms with E-state index in [1.165, 1.54) is 0 Å². The van der Waals surface area contributed by atoms with Crippen molar-refractivity contribution in [3.63, 3.8) is 0 Å². The molecule has 0 saturated carbocycles. The second-order valence-electron chi connectivity index (χ2n) is 3.70. The Morgan fingerprint density at radius 3 is 2.86 bits per heavy atom. The lowest BCUT2D eigenvalue weighted by atomic mass is 10.1. The van der Waals surface area contributed by atoms with Crippen molar-refractivity contribution in [1.29, 1.82) is 0 Å². The molecule has 1 atom stereocenters. The van der Waals surface area contributed by atoms with E-state index in [4.69, 9.17) is 10.6 Å². The van der Waals surface area contributed by atoms with E-state index >= 15 is 0 Å². The molecule has 1 fully saturated rings. The summed E-state index contributed by atoms with van der Waals surface area (Å²) in [6.45, 7) is 2.12. The first kappa shape index (κ1) is 9.45. The van der Waals surface area contributed by atoms with E-state index in [-0.39, 0.29) is 12.0 Å². The van der Waals surface area contributed by atoms with Gasteiger partial charge in [0.15, 0.2) is 0 Å². The second-order valence-corrected chi connectivity index (χ2v) is 3.70. The average Bonchev–Trinajstić information content (AvgIpc) is 2.88. The third-order valence-electron chi connectivity index (χ3n) is 2.64. The molecule has 0 bridgehead atoms. The number of carbonyl (C=O) groups excluding carboxylic acids is 1. The number of carbonyl (C=O) groups is 1. The Balaban J connectivity index is 1.92. The highest BCUT2D eigenvalue weighted by Crippen LogP contribution is 2.14. The van der Waals surface area contributed by atoms with Crippen LogP contribution in [0.2, 0.25) is 0 Å². The van der Waals surface area contributed by atoms with Crippen molar-refractivity contribution in [1.82, 2.24) is 4.90 Å². The molecule has 1 saturated heterocycles. The van der Waals surface area contributed by atoms with Crippen molar-refractivity contribution in [2.45, 2.75) is 25.4 Å². The van der Waals surface area contributed by atoms with Gasteiger partial charge in [-0.3, -0.25) is 4.79 Å². The summed E-state index contributed by atoms with van der Waals surface area (Å²) >= 11 is 0. The maximum Gasteiger partial charge on any atom is 0.271 e. The fourth-order valence-corrected chi connectivity index (χ4v) is 1.78. The molecule has 5 heteroatoms. The first-order valence-corrected chi connectivity index (χ1v) is 5.03. The van der Waals surface area contributed by atoms with Crippen molar-refractivity contribution in [3.8, 4) is 0 Å². The van der Waals surface area contributed by atoms with Gasteiger partial charge in [0.2, 0.25) is 0 Å². The Bertz CT molecular complexity index is 259. The van der Waals surface area contributed by atoms with E-state index in [1.54, 1.807) is 0 Å². The summed E-state index contributed by atoms with van der Waals surface area (Å²) < 4.78 is 0. The molecule has 1 unspecified atom stereocenters. The van der Waals surface area contributed by atoms with Crippen LogP contribution in [0.5, 0.6) is 0 Å². The fraction of sp³-hybridized carbons (Fsp3) is 0.778. The van der Waals surface area contributed by atoms with Crippen molar-refractivity contribution < 1.29 is 9.63 Å². The maximum absolute atomic E-state index is 11.8. The molecule has 0 radical (unpaired) electrons. The van der Waals surface area contributed by atoms with E-state index in [0.717, 1.165) is 25.9 Å². The highest BCUT2D eigenvalue weighted by Gasteiger charge is 2.29. The summed E-state index contributed by atoms with van der Waals surface area (Å²) in [5.41, 5.74) is 5.96. The molecule has 1 amide bonds. The van der Waals surface area contributed by atoms with E-state index in [0.29, 0.717) is 18.7 Å². The summed E-state index contributed by atoms with van der Waals surface area (Å²) in [6.07, 6.45) is 2.66. The molecule has 2 rings (SSSR count). The minimum Gasteiger partial charge on any atom is -0.390 e. The van der Waals surface area contributed by atoms with Gasteiger partial charge in [0, 0.05) is 26.1 Å². The van der Waals surface area contributed by atoms with Crippen LogP contribution in [0.25, 0.3) is 0 Å². The highest BCUT2D eigenvalue weighted by molar-refractivity contribution is 6.39. The molecule has 78 valence electrons. The van der Waals surface area contributed by atoms with Crippen LogP contribution in [0.3, 0.4) is 0 Å². The van der Waals surface area contributed by atoms with E-state index in [9.17, 15) is 4.79 Å². The molecular weight excluding hydrogens is 182 g/mol. The zero-order valence-corrected chi connectivity index (χ0v) is 8.11. The number of rotatable bonds is 2. The van der Waals surface area contributed by atoms with Gasteiger partial charge in [0.1, 0.15) is 11.8 Å². The minimum absolute atomic E-state index is 0.0263. The maximum atomic E-state index is 11.8. The van der Waals surface area contributed by atoms with Crippen LogP contribution < -0.4 is 5.73 Å². The Hall–Kier alpha value is -1.10. The van der Waals surface area contributed by atoms with Crippen LogP contribution in [-0.4, -0.2) is 42.3 Å². The average molecular weight is 197 g/mol. The lowest BCUT2D eigenvalue weighted by molar-refractivity contribution is -0.123. The van der Waals surface area contributed by atoms with Gasteiger partial charge in [-0.2, -0.15) is 0 Å². The predicted molar refractivity (Wildman–Crippen MR) is 51.8 cm³/mol. The minimum atomic E-state index is -0.100. The third kappa shape index (κ3) is 1.72. The van der Waals surface area contributed by atoms with Crippen LogP contribution in [0.1, 0.15) is 19.3 Å². The van der Waals surface area contributed by atoms with Gasteiger partial charge in [-0.05, 0) is 12.8 Å². The van der Waals surface area contributed by atoms with Crippen molar-refractivity contribution in [2.75, 3.05) is 19.6 Å². The van der Waals surface area contributed by atoms with E-state index in [2.05, 4.69) is 5.16 Å². The van der Waals surface area contributed by atoms with Crippen LogP contribution in [0.15, 0.2) is 5.16 Å². The second kappa shape index (κ2) is 3.96. The van der Waals surface area contributed by atoms with Gasteiger partial charge in [-0.1, -0.05) is 5.16 Å². The van der Waals surface area contributed by atoms with Gasteiger partial charge in [0.05, 0.1) is 0 Å². The summed E-state index contributed by atoms with van der Waals surface area (Å²) in [6, 6.07) is 0. The molecular formula is C9H15N3O2. The number of nitrogens with zero attached hydrogens (tertiary/aromatic N) is 2. The Morgan fingerprint density at radius 2 is 2.29 bits per heavy atom. The zero-order valence-electron chi connectivity index (χ0n) is 8.11. The third-order valence-corrected chi connectivity index (χ3v) is 2.64. The van der Waals surface area contributed by atoms with Crippen molar-refractivity contribution in [2.24, 2.45) is 10.9 Å². The molecule has 5 nitrogen and oxygen atoms in total. The van der Waals surface area contributed by atoms with Gasteiger partial charge >= 0.3 is 0 Å². The fourth-order valence-electron chi connectivity index (χ4n) is 1.78. The van der Waals surface area contributed by atoms with Crippen molar-refractivity contribution in [3.05, 3.63) is 0 Å². The zero-order chi connectivity index (χ0) is 9.97. The quantitative estimate of drug-likeness (QED) is 0.661. The summed E-state index contributed by atoms with van der Waals surface area (Å²) in [7, 11) is 0. The summed E-state index contributed by atoms with van der Waals surface area (Å²) in [5.74, 6) is 0.0263. The molecule has 0 aromatic heterocycles. The normalized spacial score (nSPS) is 26.2. The van der Waals surface area contributed by atoms with Crippen molar-refractivity contribution >= 4 is 11.6 Å². The predicted octanol–water partition coefficient (Wildman–Crippen LogP) is -0.288. The smallest absolute Gasteiger partial charge is 0.271 e. The van der Waals surface area contributed by atoms with Crippen LogP contribution in [-0.2, 0) is 9.63 Å². The summed E-state index contributed by atoms with van der Waals surface area (Å²) in [5, 5.41) is 3.78. The first-order chi connectivity index (χ1) is 6.81. The standard InChI is InChI=1S/C9H15N3O2/c10-6-7-5-8(11-14-7)9(13)12-3-1-2-4-12/h7H,1-6,10H2. The Kier molecular flexibility index (Phi) is 2.67. The lowest BCUT2D eigenvalue weighted by Gasteiger charge is -2.13. The van der Waals surface area contributed by atoms with E-state index < -0.39 is 0 Å². The largest absolute Gasteiger partial charge is 0.390 e. The molecule has 2 aliphatic rings. The highest BCUT2D eigenvalue weighted by atomic mass is 16.6. The number of hydrogen-bond donors (Lipinski definition) is 1. The van der Waals surface area contributed by atoms with Crippen LogP contribution in [0, 0.1) is 0 Å². The number of oxime groups is 1. The molecule has 0 aromatic carbocycles. The monoisotopic (exact) mass is 197 g/mol. The van der Waals surface area contributed by atoms with Crippen LogP contribution >= 0.6 is 0 Å². The number of hydrogen-bond acceptors (Lipinski definition) is 4. The van der Waals surface area contributed by atoms with Crippen LogP contribution in [0.4, 0.5) is 0 Å². The molecule has 2 N–H and O–H groups in total. The molecule has 0 aromatic rings. The molecule has 14 heavy (non-hydrogen) atoms. The number of amides is 1. The Morgan fingerprint density at radius 1 is 1.57 bits per heavy atom. The van der Waals surface area contributed by atoms with Gasteiger partial charge in [-0.15, -0.1) is 0 Å². The lowest BCUT2D eigenvalue weighted by Crippen LogP contribution is -2.34. The number of likely N-dealkylation sites (tertiary alicyclic amines) is 1. The Labute approximate surface area is 82.9 Å². The molecule has 2 aliphatic heterocycles. The topological polar surface area (TPSA) is 67.9 Å². The molecule has 0 spiro atoms. The van der Waals surface area contributed by atoms with Gasteiger partial charge in [-0.25, -0.2) is 0 Å².